The molecule has 9 heteroatoms. The number of rotatable bonds is 5. The Morgan fingerprint density at radius 3 is 2.22 bits per heavy atom. The van der Waals surface area contributed by atoms with Crippen molar-refractivity contribution < 1.29 is 21.6 Å². The summed E-state index contributed by atoms with van der Waals surface area (Å²) in [7, 11) is -7.54. The number of sulfonamides is 2. The van der Waals surface area contributed by atoms with E-state index in [9.17, 15) is 21.6 Å². The number of benzene rings is 2. The van der Waals surface area contributed by atoms with Gasteiger partial charge in [-0.1, -0.05) is 32.0 Å². The molecule has 0 aromatic heterocycles. The lowest BCUT2D eigenvalue weighted by molar-refractivity contribution is -0.116. The first-order chi connectivity index (χ1) is 12.6. The average Bonchev–Trinajstić information content (AvgIpc) is 2.88. The highest BCUT2D eigenvalue weighted by Crippen LogP contribution is 2.29. The molecule has 7 nitrogen and oxygen atoms in total. The van der Waals surface area contributed by atoms with E-state index in [2.05, 4.69) is 4.72 Å². The molecule has 0 unspecified atom stereocenters. The van der Waals surface area contributed by atoms with Gasteiger partial charge in [0.25, 0.3) is 10.0 Å². The van der Waals surface area contributed by atoms with E-state index in [1.807, 2.05) is 26.0 Å². The van der Waals surface area contributed by atoms with Crippen molar-refractivity contribution in [3.8, 4) is 0 Å². The molecule has 0 atom stereocenters. The number of hydrogen-bond acceptors (Lipinski definition) is 5. The number of para-hydroxylation sites is 1. The molecular weight excluding hydrogens is 388 g/mol. The molecule has 0 bridgehead atoms. The summed E-state index contributed by atoms with van der Waals surface area (Å²) in [6.45, 7) is 3.94. The quantitative estimate of drug-likeness (QED) is 0.820. The van der Waals surface area contributed by atoms with Gasteiger partial charge in [0.15, 0.2) is 0 Å². The second kappa shape index (κ2) is 6.97. The number of nitrogens with zero attached hydrogens (tertiary/aromatic N) is 1. The van der Waals surface area contributed by atoms with Crippen LogP contribution in [0.3, 0.4) is 0 Å². The van der Waals surface area contributed by atoms with Crippen LogP contribution in [-0.4, -0.2) is 28.5 Å². The Kier molecular flexibility index (Phi) is 5.00. The zero-order valence-electron chi connectivity index (χ0n) is 14.9. The molecule has 0 radical (unpaired) electrons. The van der Waals surface area contributed by atoms with Crippen LogP contribution in [0.1, 0.15) is 31.7 Å². The van der Waals surface area contributed by atoms with Gasteiger partial charge >= 0.3 is 0 Å². The van der Waals surface area contributed by atoms with Gasteiger partial charge in [-0.15, -0.1) is 0 Å². The molecule has 0 saturated carbocycles. The van der Waals surface area contributed by atoms with E-state index in [4.69, 9.17) is 0 Å². The second-order valence-electron chi connectivity index (χ2n) is 6.57. The van der Waals surface area contributed by atoms with Crippen LogP contribution in [0, 0.1) is 0 Å². The molecule has 1 fully saturated rings. The van der Waals surface area contributed by atoms with Crippen molar-refractivity contribution in [1.82, 2.24) is 0 Å². The van der Waals surface area contributed by atoms with Crippen LogP contribution < -0.4 is 9.03 Å². The van der Waals surface area contributed by atoms with Gasteiger partial charge in [-0.25, -0.2) is 21.1 Å². The van der Waals surface area contributed by atoms with Gasteiger partial charge in [-0.3, -0.25) is 9.52 Å². The summed E-state index contributed by atoms with van der Waals surface area (Å²) in [5.41, 5.74) is 1.50. The number of carbonyl (C=O) groups excluding carboxylic acids is 1. The molecule has 1 heterocycles. The lowest BCUT2D eigenvalue weighted by Gasteiger charge is -2.17. The summed E-state index contributed by atoms with van der Waals surface area (Å²) in [6, 6.07) is 12.4. The maximum atomic E-state index is 12.7. The normalized spacial score (nSPS) is 16.7. The van der Waals surface area contributed by atoms with Crippen molar-refractivity contribution in [3.05, 3.63) is 54.1 Å². The highest BCUT2D eigenvalue weighted by atomic mass is 32.2. The third-order valence-electron chi connectivity index (χ3n) is 4.29. The smallest absolute Gasteiger partial charge is 0.261 e. The Morgan fingerprint density at radius 2 is 1.67 bits per heavy atom. The Labute approximate surface area is 159 Å². The van der Waals surface area contributed by atoms with E-state index in [-0.39, 0.29) is 28.7 Å². The van der Waals surface area contributed by atoms with Crippen LogP contribution in [0.5, 0.6) is 0 Å². The Hall–Kier alpha value is -2.39. The maximum absolute atomic E-state index is 12.7. The molecule has 27 heavy (non-hydrogen) atoms. The molecule has 1 N–H and O–H groups in total. The Morgan fingerprint density at radius 1 is 1.04 bits per heavy atom. The SMILES string of the molecule is CC(C)c1ccccc1NS(=O)(=O)c1ccc(N2C(=O)CCS2(=O)=O)cc1. The number of hydrogen-bond donors (Lipinski definition) is 1. The summed E-state index contributed by atoms with van der Waals surface area (Å²) < 4.78 is 52.6. The summed E-state index contributed by atoms with van der Waals surface area (Å²) in [5, 5.41) is 0. The molecular formula is C18H20N2O5S2. The molecule has 1 saturated heterocycles. The second-order valence-corrected chi connectivity index (χ2v) is 10.2. The van der Waals surface area contributed by atoms with Gasteiger partial charge in [0.2, 0.25) is 15.9 Å². The first-order valence-electron chi connectivity index (χ1n) is 8.39. The topological polar surface area (TPSA) is 101 Å². The Bertz CT molecular complexity index is 1070. The van der Waals surface area contributed by atoms with Crippen molar-refractivity contribution >= 4 is 37.3 Å². The van der Waals surface area contributed by atoms with E-state index < -0.39 is 26.0 Å². The zero-order valence-corrected chi connectivity index (χ0v) is 16.5. The van der Waals surface area contributed by atoms with Crippen LogP contribution in [0.25, 0.3) is 0 Å². The van der Waals surface area contributed by atoms with Gasteiger partial charge in [0, 0.05) is 6.42 Å². The summed E-state index contributed by atoms with van der Waals surface area (Å²) in [6.07, 6.45) is -0.0735. The molecule has 0 spiro atoms. The number of carbonyl (C=O) groups is 1. The highest BCUT2D eigenvalue weighted by molar-refractivity contribution is 7.94. The van der Waals surface area contributed by atoms with E-state index in [0.29, 0.717) is 5.69 Å². The van der Waals surface area contributed by atoms with E-state index >= 15 is 0 Å². The predicted octanol–water partition coefficient (Wildman–Crippen LogP) is 2.68. The van der Waals surface area contributed by atoms with Crippen molar-refractivity contribution in [2.45, 2.75) is 31.1 Å². The summed E-state index contributed by atoms with van der Waals surface area (Å²) >= 11 is 0. The maximum Gasteiger partial charge on any atom is 0.261 e. The first-order valence-corrected chi connectivity index (χ1v) is 11.5. The number of amides is 1. The van der Waals surface area contributed by atoms with E-state index in [1.165, 1.54) is 24.3 Å². The number of anilines is 2. The van der Waals surface area contributed by atoms with Gasteiger partial charge in [0.1, 0.15) is 0 Å². The molecule has 3 rings (SSSR count). The lowest BCUT2D eigenvalue weighted by Crippen LogP contribution is -2.29. The summed E-state index contributed by atoms with van der Waals surface area (Å²) in [4.78, 5) is 11.8. The Balaban J connectivity index is 1.90. The third kappa shape index (κ3) is 3.84. The van der Waals surface area contributed by atoms with E-state index in [0.717, 1.165) is 9.87 Å². The van der Waals surface area contributed by atoms with Crippen LogP contribution in [0.4, 0.5) is 11.4 Å². The van der Waals surface area contributed by atoms with Crippen molar-refractivity contribution in [2.24, 2.45) is 0 Å². The van der Waals surface area contributed by atoms with Gasteiger partial charge in [0.05, 0.1) is 22.0 Å². The molecule has 0 aliphatic carbocycles. The average molecular weight is 409 g/mol. The molecule has 1 aliphatic heterocycles. The van der Waals surface area contributed by atoms with Crippen molar-refractivity contribution in [2.75, 3.05) is 14.8 Å². The largest absolute Gasteiger partial charge is 0.279 e. The number of nitrogens with one attached hydrogen (secondary N) is 1. The van der Waals surface area contributed by atoms with Gasteiger partial charge < -0.3 is 0 Å². The van der Waals surface area contributed by atoms with Crippen LogP contribution in [0.2, 0.25) is 0 Å². The lowest BCUT2D eigenvalue weighted by atomic mass is 10.0. The van der Waals surface area contributed by atoms with Crippen LogP contribution in [0.15, 0.2) is 53.4 Å². The van der Waals surface area contributed by atoms with Crippen LogP contribution >= 0.6 is 0 Å². The fourth-order valence-electron chi connectivity index (χ4n) is 2.93. The van der Waals surface area contributed by atoms with Gasteiger partial charge in [-0.05, 0) is 41.8 Å². The predicted molar refractivity (Wildman–Crippen MR) is 104 cm³/mol. The van der Waals surface area contributed by atoms with Crippen LogP contribution in [-0.2, 0) is 24.8 Å². The molecule has 2 aromatic rings. The summed E-state index contributed by atoms with van der Waals surface area (Å²) in [5.74, 6) is -0.619. The zero-order chi connectivity index (χ0) is 19.8. The minimum atomic E-state index is -3.85. The van der Waals surface area contributed by atoms with E-state index in [1.54, 1.807) is 12.1 Å². The minimum absolute atomic E-state index is 0.0196. The van der Waals surface area contributed by atoms with Crippen molar-refractivity contribution in [3.63, 3.8) is 0 Å². The molecule has 1 amide bonds. The standard InChI is InChI=1S/C18H20N2O5S2/c1-13(2)16-5-3-4-6-17(16)19-27(24,25)15-9-7-14(8-10-15)20-18(21)11-12-26(20,22)23/h3-10,13,19H,11-12H2,1-2H3. The molecule has 2 aromatic carbocycles. The highest BCUT2D eigenvalue weighted by Gasteiger charge is 2.36. The third-order valence-corrected chi connectivity index (χ3v) is 7.36. The molecule has 144 valence electrons. The minimum Gasteiger partial charge on any atom is -0.279 e. The van der Waals surface area contributed by atoms with Gasteiger partial charge in [-0.2, -0.15) is 0 Å². The fraction of sp³-hybridized carbons (Fsp3) is 0.278. The first kappa shape index (κ1) is 19.4. The fourth-order valence-corrected chi connectivity index (χ4v) is 5.47. The van der Waals surface area contributed by atoms with Crippen molar-refractivity contribution in [1.29, 1.82) is 0 Å². The molecule has 1 aliphatic rings. The monoisotopic (exact) mass is 408 g/mol.